The fourth-order valence-corrected chi connectivity index (χ4v) is 2.92. The van der Waals surface area contributed by atoms with Gasteiger partial charge >= 0.3 is 5.97 Å². The Morgan fingerprint density at radius 3 is 2.72 bits per heavy atom. The van der Waals surface area contributed by atoms with Gasteiger partial charge < -0.3 is 19.2 Å². The molecule has 0 unspecified atom stereocenters. The third-order valence-corrected chi connectivity index (χ3v) is 4.20. The lowest BCUT2D eigenvalue weighted by Crippen LogP contribution is -2.10. The number of esters is 1. The van der Waals surface area contributed by atoms with E-state index < -0.39 is 0 Å². The van der Waals surface area contributed by atoms with Crippen molar-refractivity contribution in [2.24, 2.45) is 0 Å². The monoisotopic (exact) mass is 404 g/mol. The van der Waals surface area contributed by atoms with Crippen LogP contribution in [0.4, 0.5) is 0 Å². The molecule has 3 aromatic rings. The molecule has 0 atom stereocenters. The van der Waals surface area contributed by atoms with E-state index in [0.717, 1.165) is 26.9 Å². The number of methoxy groups -OCH3 is 1. The van der Waals surface area contributed by atoms with E-state index in [-0.39, 0.29) is 19.2 Å². The molecule has 3 rings (SSSR count). The Bertz CT molecular complexity index is 874. The Labute approximate surface area is 153 Å². The number of nitrogens with one attached hydrogen (secondary N) is 1. The number of halogens is 1. The van der Waals surface area contributed by atoms with E-state index in [9.17, 15) is 4.79 Å². The highest BCUT2D eigenvalue weighted by Crippen LogP contribution is 2.38. The van der Waals surface area contributed by atoms with Crippen molar-refractivity contribution in [3.8, 4) is 22.9 Å². The van der Waals surface area contributed by atoms with Crippen LogP contribution in [-0.2, 0) is 9.53 Å². The maximum Gasteiger partial charge on any atom is 0.302 e. The van der Waals surface area contributed by atoms with Gasteiger partial charge in [0.2, 0.25) is 0 Å². The number of imidazole rings is 1. The molecule has 130 valence electrons. The predicted molar refractivity (Wildman–Crippen MR) is 97.9 cm³/mol. The van der Waals surface area contributed by atoms with Crippen LogP contribution in [-0.4, -0.2) is 36.3 Å². The van der Waals surface area contributed by atoms with E-state index in [2.05, 4.69) is 25.9 Å². The first-order chi connectivity index (χ1) is 12.1. The Hall–Kier alpha value is -2.54. The van der Waals surface area contributed by atoms with Crippen molar-refractivity contribution in [1.82, 2.24) is 9.97 Å². The number of carbonyl (C=O) groups excluding carboxylic acids is 1. The highest BCUT2D eigenvalue weighted by molar-refractivity contribution is 9.10. The minimum Gasteiger partial charge on any atom is -0.493 e. The van der Waals surface area contributed by atoms with Crippen LogP contribution in [0.1, 0.15) is 6.92 Å². The van der Waals surface area contributed by atoms with Crippen molar-refractivity contribution >= 4 is 32.9 Å². The lowest BCUT2D eigenvalue weighted by molar-refractivity contribution is -0.141. The van der Waals surface area contributed by atoms with Gasteiger partial charge in [0.25, 0.3) is 0 Å². The predicted octanol–water partition coefficient (Wildman–Crippen LogP) is 3.94. The van der Waals surface area contributed by atoms with E-state index >= 15 is 0 Å². The molecule has 0 saturated carbocycles. The fourth-order valence-electron chi connectivity index (χ4n) is 2.41. The number of aromatic nitrogens is 2. The number of aromatic amines is 1. The number of ether oxygens (including phenoxy) is 3. The van der Waals surface area contributed by atoms with Crippen molar-refractivity contribution < 1.29 is 19.0 Å². The second-order valence-corrected chi connectivity index (χ2v) is 6.13. The molecule has 1 heterocycles. The summed E-state index contributed by atoms with van der Waals surface area (Å²) in [4.78, 5) is 18.7. The molecular weight excluding hydrogens is 388 g/mol. The van der Waals surface area contributed by atoms with Gasteiger partial charge in [0.15, 0.2) is 11.5 Å². The lowest BCUT2D eigenvalue weighted by atomic mass is 10.2. The second kappa shape index (κ2) is 7.57. The Morgan fingerprint density at radius 2 is 2.00 bits per heavy atom. The van der Waals surface area contributed by atoms with Gasteiger partial charge in [-0.15, -0.1) is 0 Å². The minimum absolute atomic E-state index is 0.182. The van der Waals surface area contributed by atoms with E-state index in [1.165, 1.54) is 6.92 Å². The summed E-state index contributed by atoms with van der Waals surface area (Å²) in [6.45, 7) is 1.78. The first kappa shape index (κ1) is 17.3. The molecule has 0 spiro atoms. The number of rotatable bonds is 6. The molecule has 0 fully saturated rings. The average Bonchev–Trinajstić information content (AvgIpc) is 3.02. The summed E-state index contributed by atoms with van der Waals surface area (Å²) in [6.07, 6.45) is 0. The van der Waals surface area contributed by atoms with E-state index in [1.54, 1.807) is 7.11 Å². The molecule has 25 heavy (non-hydrogen) atoms. The SMILES string of the molecule is COc1cc(-c2nc3ccccc3[nH]2)c(Br)cc1OCCOC(C)=O. The van der Waals surface area contributed by atoms with E-state index in [1.807, 2.05) is 36.4 Å². The van der Waals surface area contributed by atoms with Crippen LogP contribution in [0.2, 0.25) is 0 Å². The number of hydrogen-bond acceptors (Lipinski definition) is 5. The standard InChI is InChI=1S/C18H17BrN2O4/c1-11(22)24-7-8-25-17-10-13(19)12(9-16(17)23-2)18-20-14-5-3-4-6-15(14)21-18/h3-6,9-10H,7-8H2,1-2H3,(H,20,21). The van der Waals surface area contributed by atoms with Gasteiger partial charge in [0.1, 0.15) is 19.0 Å². The number of benzene rings is 2. The summed E-state index contributed by atoms with van der Waals surface area (Å²) in [7, 11) is 1.57. The number of H-pyrrole nitrogens is 1. The molecule has 0 bridgehead atoms. The van der Waals surface area contributed by atoms with Gasteiger partial charge in [0, 0.05) is 17.0 Å². The Morgan fingerprint density at radius 1 is 1.20 bits per heavy atom. The van der Waals surface area contributed by atoms with Gasteiger partial charge in [-0.1, -0.05) is 12.1 Å². The average molecular weight is 405 g/mol. The maximum absolute atomic E-state index is 10.8. The molecule has 0 aliphatic heterocycles. The topological polar surface area (TPSA) is 73.4 Å². The highest BCUT2D eigenvalue weighted by atomic mass is 79.9. The van der Waals surface area contributed by atoms with Crippen LogP contribution in [0.3, 0.4) is 0 Å². The van der Waals surface area contributed by atoms with E-state index in [4.69, 9.17) is 14.2 Å². The summed E-state index contributed by atoms with van der Waals surface area (Å²) in [6, 6.07) is 11.5. The zero-order valence-electron chi connectivity index (χ0n) is 13.8. The summed E-state index contributed by atoms with van der Waals surface area (Å²) >= 11 is 3.56. The van der Waals surface area contributed by atoms with Crippen LogP contribution in [0.15, 0.2) is 40.9 Å². The lowest BCUT2D eigenvalue weighted by Gasteiger charge is -2.13. The first-order valence-corrected chi connectivity index (χ1v) is 8.46. The second-order valence-electron chi connectivity index (χ2n) is 5.27. The largest absolute Gasteiger partial charge is 0.493 e. The first-order valence-electron chi connectivity index (χ1n) is 7.67. The number of hydrogen-bond donors (Lipinski definition) is 1. The molecule has 0 radical (unpaired) electrons. The van der Waals surface area contributed by atoms with Crippen molar-refractivity contribution in [1.29, 1.82) is 0 Å². The zero-order valence-corrected chi connectivity index (χ0v) is 15.4. The smallest absolute Gasteiger partial charge is 0.302 e. The minimum atomic E-state index is -0.336. The molecule has 1 aromatic heterocycles. The molecule has 7 heteroatoms. The molecule has 6 nitrogen and oxygen atoms in total. The molecular formula is C18H17BrN2O4. The van der Waals surface area contributed by atoms with Crippen LogP contribution in [0.5, 0.6) is 11.5 Å². The fraction of sp³-hybridized carbons (Fsp3) is 0.222. The summed E-state index contributed by atoms with van der Waals surface area (Å²) in [5, 5.41) is 0. The van der Waals surface area contributed by atoms with Crippen LogP contribution in [0, 0.1) is 0 Å². The molecule has 1 N–H and O–H groups in total. The Balaban J connectivity index is 1.87. The van der Waals surface area contributed by atoms with Crippen LogP contribution >= 0.6 is 15.9 Å². The molecule has 0 amide bonds. The highest BCUT2D eigenvalue weighted by Gasteiger charge is 2.15. The summed E-state index contributed by atoms with van der Waals surface area (Å²) in [5.41, 5.74) is 2.72. The number of carbonyl (C=O) groups is 1. The number of nitrogens with zero attached hydrogens (tertiary/aromatic N) is 1. The van der Waals surface area contributed by atoms with Gasteiger partial charge in [0.05, 0.1) is 18.1 Å². The maximum atomic E-state index is 10.8. The van der Waals surface area contributed by atoms with Gasteiger partial charge in [-0.25, -0.2) is 4.98 Å². The molecule has 0 aliphatic rings. The number of fused-ring (bicyclic) bond motifs is 1. The van der Waals surface area contributed by atoms with Crippen molar-refractivity contribution in [2.45, 2.75) is 6.92 Å². The Kier molecular flexibility index (Phi) is 5.23. The quantitative estimate of drug-likeness (QED) is 0.497. The van der Waals surface area contributed by atoms with Crippen molar-refractivity contribution in [2.75, 3.05) is 20.3 Å². The summed E-state index contributed by atoms with van der Waals surface area (Å²) in [5.74, 6) is 1.53. The van der Waals surface area contributed by atoms with Crippen LogP contribution < -0.4 is 9.47 Å². The summed E-state index contributed by atoms with van der Waals surface area (Å²) < 4.78 is 16.7. The third-order valence-electron chi connectivity index (χ3n) is 3.54. The molecule has 0 saturated heterocycles. The van der Waals surface area contributed by atoms with Crippen molar-refractivity contribution in [3.05, 3.63) is 40.9 Å². The van der Waals surface area contributed by atoms with Crippen molar-refractivity contribution in [3.63, 3.8) is 0 Å². The normalized spacial score (nSPS) is 10.7. The van der Waals surface area contributed by atoms with E-state index in [0.29, 0.717) is 11.5 Å². The third kappa shape index (κ3) is 3.93. The molecule has 2 aromatic carbocycles. The van der Waals surface area contributed by atoms with Gasteiger partial charge in [-0.3, -0.25) is 4.79 Å². The number of para-hydroxylation sites is 2. The van der Waals surface area contributed by atoms with Crippen LogP contribution in [0.25, 0.3) is 22.4 Å². The van der Waals surface area contributed by atoms with Gasteiger partial charge in [-0.05, 0) is 40.2 Å². The zero-order chi connectivity index (χ0) is 17.8. The molecule has 0 aliphatic carbocycles. The van der Waals surface area contributed by atoms with Gasteiger partial charge in [-0.2, -0.15) is 0 Å².